The van der Waals surface area contributed by atoms with Gasteiger partial charge in [-0.2, -0.15) is 0 Å². The lowest BCUT2D eigenvalue weighted by Gasteiger charge is -2.14. The normalized spacial score (nSPS) is 12.9. The number of aromatic amines is 2. The number of ether oxygens (including phenoxy) is 2. The molecule has 2 heterocycles. The Kier molecular flexibility index (Phi) is 11.6. The number of esters is 2. The van der Waals surface area contributed by atoms with Gasteiger partial charge in [-0.1, -0.05) is 25.0 Å². The highest BCUT2D eigenvalue weighted by atomic mass is 16.5. The predicted molar refractivity (Wildman–Crippen MR) is 166 cm³/mol. The van der Waals surface area contributed by atoms with Gasteiger partial charge in [-0.15, -0.1) is 0 Å². The van der Waals surface area contributed by atoms with Crippen LogP contribution >= 0.6 is 0 Å². The molecule has 12 heteroatoms. The molecular weight excluding hydrogens is 568 g/mol. The zero-order valence-corrected chi connectivity index (χ0v) is 25.1. The Morgan fingerprint density at radius 3 is 1.50 bits per heavy atom. The second kappa shape index (κ2) is 15.6. The average molecular weight is 611 g/mol. The van der Waals surface area contributed by atoms with Gasteiger partial charge in [0.25, 0.3) is 0 Å². The van der Waals surface area contributed by atoms with E-state index in [2.05, 4.69) is 20.6 Å². The van der Waals surface area contributed by atoms with Crippen LogP contribution in [0.5, 0.6) is 11.5 Å². The molecule has 0 saturated heterocycles. The number of phenolic OH excluding ortho intramolecular Hbond substituents is 2. The summed E-state index contributed by atoms with van der Waals surface area (Å²) in [6.45, 7) is 6.01. The largest absolute Gasteiger partial charge is 0.506 e. The standard InChI is InChI=1S/C32H42N4O8/c1-3-43-31(41)23-15-21-19(9-11-25(37)29(21)35-23)27(39)17-33-13-7-5-6-8-14-34-18-28(40)20-10-12-26(38)30-22(20)16-24(36-30)32(42)44-4-2/h9-12,15-16,27-28,33-40H,3-8,13-14,17-18H2,1-2H3. The Balaban J connectivity index is 1.14. The maximum atomic E-state index is 12.1. The third kappa shape index (κ3) is 7.88. The van der Waals surface area contributed by atoms with Gasteiger partial charge in [0.15, 0.2) is 0 Å². The lowest BCUT2D eigenvalue weighted by atomic mass is 10.0. The molecule has 238 valence electrons. The lowest BCUT2D eigenvalue weighted by molar-refractivity contribution is 0.0511. The first kappa shape index (κ1) is 32.8. The van der Waals surface area contributed by atoms with Crippen LogP contribution in [0.4, 0.5) is 0 Å². The number of rotatable bonds is 17. The summed E-state index contributed by atoms with van der Waals surface area (Å²) < 4.78 is 10.1. The predicted octanol–water partition coefficient (Wildman–Crippen LogP) is 3.92. The number of unbranched alkanes of at least 4 members (excludes halogenated alkanes) is 3. The number of aliphatic hydroxyl groups is 2. The molecule has 0 aliphatic carbocycles. The number of aromatic nitrogens is 2. The smallest absolute Gasteiger partial charge is 0.354 e. The summed E-state index contributed by atoms with van der Waals surface area (Å²) in [5, 5.41) is 49.6. The third-order valence-corrected chi connectivity index (χ3v) is 7.45. The maximum absolute atomic E-state index is 12.1. The summed E-state index contributed by atoms with van der Waals surface area (Å²) in [5.41, 5.74) is 2.42. The van der Waals surface area contributed by atoms with Gasteiger partial charge in [-0.3, -0.25) is 0 Å². The summed E-state index contributed by atoms with van der Waals surface area (Å²) in [5.74, 6) is -1.05. The van der Waals surface area contributed by atoms with Gasteiger partial charge >= 0.3 is 11.9 Å². The van der Waals surface area contributed by atoms with Crippen molar-refractivity contribution in [1.29, 1.82) is 0 Å². The van der Waals surface area contributed by atoms with Crippen molar-refractivity contribution in [3.05, 3.63) is 58.9 Å². The maximum Gasteiger partial charge on any atom is 0.354 e. The fourth-order valence-electron chi connectivity index (χ4n) is 5.22. The number of H-pyrrole nitrogens is 2. The van der Waals surface area contributed by atoms with Gasteiger partial charge in [-0.25, -0.2) is 9.59 Å². The molecule has 0 aliphatic heterocycles. The topological polar surface area (TPSA) is 189 Å². The van der Waals surface area contributed by atoms with Gasteiger partial charge in [-0.05, 0) is 75.2 Å². The van der Waals surface area contributed by atoms with Gasteiger partial charge in [0.2, 0.25) is 0 Å². The molecule has 0 amide bonds. The average Bonchev–Trinajstić information content (AvgIpc) is 3.66. The zero-order valence-electron chi connectivity index (χ0n) is 25.1. The zero-order chi connectivity index (χ0) is 31.6. The van der Waals surface area contributed by atoms with Crippen LogP contribution in [0.25, 0.3) is 21.8 Å². The highest BCUT2D eigenvalue weighted by Gasteiger charge is 2.20. The number of benzene rings is 2. The van der Waals surface area contributed by atoms with E-state index in [9.17, 15) is 30.0 Å². The van der Waals surface area contributed by atoms with Crippen LogP contribution in [0.2, 0.25) is 0 Å². The fraction of sp³-hybridized carbons (Fsp3) is 0.438. The molecule has 2 aromatic heterocycles. The second-order valence-electron chi connectivity index (χ2n) is 10.6. The van der Waals surface area contributed by atoms with Crippen molar-refractivity contribution in [1.82, 2.24) is 20.6 Å². The quantitative estimate of drug-likeness (QED) is 0.0643. The van der Waals surface area contributed by atoms with Crippen LogP contribution in [0.3, 0.4) is 0 Å². The Bertz CT molecular complexity index is 1450. The molecule has 2 atom stereocenters. The first-order valence-electron chi connectivity index (χ1n) is 15.1. The monoisotopic (exact) mass is 610 g/mol. The fourth-order valence-corrected chi connectivity index (χ4v) is 5.22. The van der Waals surface area contributed by atoms with Crippen molar-refractivity contribution in [2.45, 2.75) is 51.7 Å². The molecule has 8 N–H and O–H groups in total. The van der Waals surface area contributed by atoms with Crippen LogP contribution < -0.4 is 10.6 Å². The highest BCUT2D eigenvalue weighted by molar-refractivity contribution is 5.99. The number of aliphatic hydroxyl groups excluding tert-OH is 2. The summed E-state index contributed by atoms with van der Waals surface area (Å²) >= 11 is 0. The molecule has 4 aromatic rings. The Labute approximate surface area is 255 Å². The van der Waals surface area contributed by atoms with Crippen LogP contribution in [-0.2, 0) is 9.47 Å². The van der Waals surface area contributed by atoms with Crippen molar-refractivity contribution in [2.24, 2.45) is 0 Å². The molecule has 4 rings (SSSR count). The van der Waals surface area contributed by atoms with E-state index in [0.29, 0.717) is 46.0 Å². The van der Waals surface area contributed by atoms with Crippen molar-refractivity contribution in [3.63, 3.8) is 0 Å². The highest BCUT2D eigenvalue weighted by Crippen LogP contribution is 2.33. The van der Waals surface area contributed by atoms with Crippen molar-refractivity contribution < 1.29 is 39.5 Å². The van der Waals surface area contributed by atoms with Gasteiger partial charge in [0, 0.05) is 23.9 Å². The van der Waals surface area contributed by atoms with Gasteiger partial charge < -0.3 is 50.5 Å². The second-order valence-corrected chi connectivity index (χ2v) is 10.6. The van der Waals surface area contributed by atoms with Crippen LogP contribution in [0.15, 0.2) is 36.4 Å². The third-order valence-electron chi connectivity index (χ3n) is 7.45. The van der Waals surface area contributed by atoms with E-state index in [1.807, 2.05) is 0 Å². The summed E-state index contributed by atoms with van der Waals surface area (Å²) in [4.78, 5) is 29.9. The minimum absolute atomic E-state index is 0.00797. The first-order chi connectivity index (χ1) is 21.2. The summed E-state index contributed by atoms with van der Waals surface area (Å²) in [6, 6.07) is 9.47. The molecule has 0 aliphatic rings. The van der Waals surface area contributed by atoms with Crippen LogP contribution in [-0.4, -0.2) is 81.7 Å². The van der Waals surface area contributed by atoms with Gasteiger partial charge in [0.05, 0.1) is 36.5 Å². The summed E-state index contributed by atoms with van der Waals surface area (Å²) in [6.07, 6.45) is 2.21. The van der Waals surface area contributed by atoms with Crippen molar-refractivity contribution >= 4 is 33.7 Å². The Morgan fingerprint density at radius 1 is 0.705 bits per heavy atom. The lowest BCUT2D eigenvalue weighted by Crippen LogP contribution is -2.23. The SMILES string of the molecule is CCOC(=O)c1cc2c(C(O)CNCCCCCCNCC(O)c3ccc(O)c4[nH]c(C(=O)OCC)cc34)ccc(O)c2[nH]1. The number of nitrogens with one attached hydrogen (secondary N) is 4. The first-order valence-corrected chi connectivity index (χ1v) is 15.1. The van der Waals surface area contributed by atoms with Crippen molar-refractivity contribution in [3.8, 4) is 11.5 Å². The number of hydrogen-bond donors (Lipinski definition) is 8. The summed E-state index contributed by atoms with van der Waals surface area (Å²) in [7, 11) is 0. The molecule has 2 aromatic carbocycles. The van der Waals surface area contributed by atoms with E-state index >= 15 is 0 Å². The molecule has 12 nitrogen and oxygen atoms in total. The molecule has 0 fully saturated rings. The van der Waals surface area contributed by atoms with E-state index in [-0.39, 0.29) is 36.1 Å². The molecule has 0 bridgehead atoms. The number of hydrogen-bond acceptors (Lipinski definition) is 10. The Morgan fingerprint density at radius 2 is 1.11 bits per heavy atom. The minimum Gasteiger partial charge on any atom is -0.506 e. The number of carbonyl (C=O) groups is 2. The number of carbonyl (C=O) groups excluding carboxylic acids is 2. The van der Waals surface area contributed by atoms with Crippen LogP contribution in [0, 0.1) is 0 Å². The van der Waals surface area contributed by atoms with Gasteiger partial charge in [0.1, 0.15) is 22.9 Å². The van der Waals surface area contributed by atoms with Crippen LogP contribution in [0.1, 0.15) is 83.8 Å². The molecular formula is C32H42N4O8. The number of aromatic hydroxyl groups is 2. The number of fused-ring (bicyclic) bond motifs is 2. The van der Waals surface area contributed by atoms with E-state index < -0.39 is 24.1 Å². The minimum atomic E-state index is -0.822. The molecule has 44 heavy (non-hydrogen) atoms. The molecule has 0 spiro atoms. The van der Waals surface area contributed by atoms with E-state index in [1.54, 1.807) is 38.1 Å². The van der Waals surface area contributed by atoms with E-state index in [1.165, 1.54) is 12.1 Å². The van der Waals surface area contributed by atoms with E-state index in [0.717, 1.165) is 38.8 Å². The molecule has 0 radical (unpaired) electrons. The van der Waals surface area contributed by atoms with Crippen molar-refractivity contribution in [2.75, 3.05) is 39.4 Å². The van der Waals surface area contributed by atoms with E-state index in [4.69, 9.17) is 9.47 Å². The number of phenols is 2. The molecule has 0 saturated carbocycles. The molecule has 2 unspecified atom stereocenters. The Hall–Kier alpha value is -4.10.